The summed E-state index contributed by atoms with van der Waals surface area (Å²) < 4.78 is 17.5. The van der Waals surface area contributed by atoms with Crippen LogP contribution in [0.25, 0.3) is 0 Å². The second-order valence-corrected chi connectivity index (χ2v) is 4.24. The van der Waals surface area contributed by atoms with Crippen LogP contribution < -0.4 is 11.1 Å². The lowest BCUT2D eigenvalue weighted by Crippen LogP contribution is -2.09. The van der Waals surface area contributed by atoms with Crippen LogP contribution in [0.15, 0.2) is 42.5 Å². The Labute approximate surface area is 116 Å². The summed E-state index contributed by atoms with van der Waals surface area (Å²) in [6.45, 7) is 0.481. The molecule has 0 atom stereocenters. The zero-order valence-corrected chi connectivity index (χ0v) is 11.0. The molecule has 5 heteroatoms. The van der Waals surface area contributed by atoms with Crippen molar-refractivity contribution >= 4 is 17.3 Å². The minimum atomic E-state index is -0.479. The molecule has 20 heavy (non-hydrogen) atoms. The SMILES string of the molecule is COC(=O)c1cccc(NCc2ccc(F)cc2)c1N. The van der Waals surface area contributed by atoms with Crippen LogP contribution in [0.1, 0.15) is 15.9 Å². The van der Waals surface area contributed by atoms with Gasteiger partial charge < -0.3 is 15.8 Å². The first-order valence-corrected chi connectivity index (χ1v) is 6.07. The van der Waals surface area contributed by atoms with Crippen LogP contribution in [0.2, 0.25) is 0 Å². The average molecular weight is 274 g/mol. The van der Waals surface area contributed by atoms with Crippen molar-refractivity contribution in [2.24, 2.45) is 0 Å². The van der Waals surface area contributed by atoms with Gasteiger partial charge in [0, 0.05) is 6.54 Å². The number of hydrogen-bond acceptors (Lipinski definition) is 4. The number of nitrogen functional groups attached to an aromatic ring is 1. The predicted octanol–water partition coefficient (Wildman–Crippen LogP) is 2.81. The maximum absolute atomic E-state index is 12.8. The maximum atomic E-state index is 12.8. The first kappa shape index (κ1) is 13.9. The van der Waals surface area contributed by atoms with E-state index < -0.39 is 5.97 Å². The molecular formula is C15H15FN2O2. The second kappa shape index (κ2) is 6.06. The molecule has 0 aromatic heterocycles. The Bertz CT molecular complexity index is 612. The summed E-state index contributed by atoms with van der Waals surface area (Å²) >= 11 is 0. The quantitative estimate of drug-likeness (QED) is 0.664. The highest BCUT2D eigenvalue weighted by Gasteiger charge is 2.12. The lowest BCUT2D eigenvalue weighted by atomic mass is 10.1. The zero-order chi connectivity index (χ0) is 14.5. The van der Waals surface area contributed by atoms with Crippen LogP contribution in [0, 0.1) is 5.82 Å². The fourth-order valence-electron chi connectivity index (χ4n) is 1.81. The van der Waals surface area contributed by atoms with Crippen molar-refractivity contribution in [2.75, 3.05) is 18.2 Å². The van der Waals surface area contributed by atoms with E-state index in [0.29, 0.717) is 23.5 Å². The molecule has 0 aliphatic carbocycles. The second-order valence-electron chi connectivity index (χ2n) is 4.24. The average Bonchev–Trinajstić information content (AvgIpc) is 2.47. The molecule has 0 saturated heterocycles. The van der Waals surface area contributed by atoms with E-state index in [1.165, 1.54) is 19.2 Å². The summed E-state index contributed by atoms with van der Waals surface area (Å²) in [6, 6.07) is 11.2. The number of para-hydroxylation sites is 1. The Morgan fingerprint density at radius 3 is 2.60 bits per heavy atom. The normalized spacial score (nSPS) is 10.1. The highest BCUT2D eigenvalue weighted by Crippen LogP contribution is 2.24. The van der Waals surface area contributed by atoms with Crippen LogP contribution in [-0.2, 0) is 11.3 Å². The number of nitrogens with one attached hydrogen (secondary N) is 1. The van der Waals surface area contributed by atoms with Crippen LogP contribution in [0.5, 0.6) is 0 Å². The van der Waals surface area contributed by atoms with Crippen LogP contribution in [0.4, 0.5) is 15.8 Å². The van der Waals surface area contributed by atoms with Crippen LogP contribution >= 0.6 is 0 Å². The lowest BCUT2D eigenvalue weighted by molar-refractivity contribution is 0.0602. The monoisotopic (exact) mass is 274 g/mol. The van der Waals surface area contributed by atoms with E-state index in [4.69, 9.17) is 5.73 Å². The third kappa shape index (κ3) is 3.06. The van der Waals surface area contributed by atoms with Gasteiger partial charge in [-0.05, 0) is 29.8 Å². The predicted molar refractivity (Wildman–Crippen MR) is 75.9 cm³/mol. The summed E-state index contributed by atoms with van der Waals surface area (Å²) in [4.78, 5) is 11.5. The number of benzene rings is 2. The number of halogens is 1. The van der Waals surface area contributed by atoms with Crippen LogP contribution in [-0.4, -0.2) is 13.1 Å². The molecule has 0 amide bonds. The van der Waals surface area contributed by atoms with Crippen molar-refractivity contribution in [3.05, 3.63) is 59.4 Å². The summed E-state index contributed by atoms with van der Waals surface area (Å²) in [5, 5.41) is 3.11. The summed E-state index contributed by atoms with van der Waals surface area (Å²) in [7, 11) is 1.31. The first-order valence-electron chi connectivity index (χ1n) is 6.07. The molecule has 2 rings (SSSR count). The number of ether oxygens (including phenoxy) is 1. The third-order valence-electron chi connectivity index (χ3n) is 2.91. The Kier molecular flexibility index (Phi) is 4.20. The van der Waals surface area contributed by atoms with Gasteiger partial charge in [-0.15, -0.1) is 0 Å². The molecule has 0 saturated carbocycles. The van der Waals surface area contributed by atoms with E-state index in [2.05, 4.69) is 10.1 Å². The topological polar surface area (TPSA) is 64.3 Å². The number of anilines is 2. The fraction of sp³-hybridized carbons (Fsp3) is 0.133. The largest absolute Gasteiger partial charge is 0.465 e. The minimum Gasteiger partial charge on any atom is -0.465 e. The molecule has 4 nitrogen and oxygen atoms in total. The number of rotatable bonds is 4. The Balaban J connectivity index is 2.13. The number of methoxy groups -OCH3 is 1. The molecule has 0 aliphatic heterocycles. The van der Waals surface area contributed by atoms with Gasteiger partial charge in [-0.25, -0.2) is 9.18 Å². The molecule has 104 valence electrons. The lowest BCUT2D eigenvalue weighted by Gasteiger charge is -2.12. The fourth-order valence-corrected chi connectivity index (χ4v) is 1.81. The van der Waals surface area contributed by atoms with Gasteiger partial charge in [0.2, 0.25) is 0 Å². The van der Waals surface area contributed by atoms with Gasteiger partial charge >= 0.3 is 5.97 Å². The third-order valence-corrected chi connectivity index (χ3v) is 2.91. The highest BCUT2D eigenvalue weighted by molar-refractivity contribution is 5.98. The van der Waals surface area contributed by atoms with E-state index in [0.717, 1.165) is 5.56 Å². The number of carbonyl (C=O) groups is 1. The van der Waals surface area contributed by atoms with Crippen LogP contribution in [0.3, 0.4) is 0 Å². The molecule has 3 N–H and O–H groups in total. The van der Waals surface area contributed by atoms with Crippen molar-refractivity contribution in [1.82, 2.24) is 0 Å². The number of hydrogen-bond donors (Lipinski definition) is 2. The van der Waals surface area contributed by atoms with Gasteiger partial charge in [0.05, 0.1) is 24.0 Å². The van der Waals surface area contributed by atoms with Gasteiger partial charge in [-0.1, -0.05) is 18.2 Å². The molecule has 0 aliphatic rings. The smallest absolute Gasteiger partial charge is 0.340 e. The molecule has 0 spiro atoms. The Morgan fingerprint density at radius 1 is 1.25 bits per heavy atom. The summed E-state index contributed by atoms with van der Waals surface area (Å²) in [5.74, 6) is -0.756. The van der Waals surface area contributed by atoms with Gasteiger partial charge in [0.15, 0.2) is 0 Å². The number of nitrogens with two attached hydrogens (primary N) is 1. The van der Waals surface area contributed by atoms with Crippen molar-refractivity contribution < 1.29 is 13.9 Å². The first-order chi connectivity index (χ1) is 9.61. The van der Waals surface area contributed by atoms with Gasteiger partial charge in [0.1, 0.15) is 5.82 Å². The molecule has 0 bridgehead atoms. The van der Waals surface area contributed by atoms with Gasteiger partial charge in [0.25, 0.3) is 0 Å². The molecule has 0 unspecified atom stereocenters. The molecular weight excluding hydrogens is 259 g/mol. The number of carbonyl (C=O) groups excluding carboxylic acids is 1. The minimum absolute atomic E-state index is 0.277. The Morgan fingerprint density at radius 2 is 1.95 bits per heavy atom. The van der Waals surface area contributed by atoms with E-state index in [1.807, 2.05) is 0 Å². The van der Waals surface area contributed by atoms with Gasteiger partial charge in [-0.2, -0.15) is 0 Å². The van der Waals surface area contributed by atoms with E-state index in [1.54, 1.807) is 30.3 Å². The van der Waals surface area contributed by atoms with Crippen molar-refractivity contribution in [3.8, 4) is 0 Å². The molecule has 2 aromatic carbocycles. The van der Waals surface area contributed by atoms with Crippen molar-refractivity contribution in [3.63, 3.8) is 0 Å². The maximum Gasteiger partial charge on any atom is 0.340 e. The van der Waals surface area contributed by atoms with E-state index >= 15 is 0 Å². The molecule has 0 radical (unpaired) electrons. The summed E-state index contributed by atoms with van der Waals surface area (Å²) in [6.07, 6.45) is 0. The molecule has 2 aromatic rings. The number of esters is 1. The summed E-state index contributed by atoms with van der Waals surface area (Å²) in [5.41, 5.74) is 8.12. The van der Waals surface area contributed by atoms with E-state index in [9.17, 15) is 9.18 Å². The van der Waals surface area contributed by atoms with E-state index in [-0.39, 0.29) is 5.82 Å². The van der Waals surface area contributed by atoms with Gasteiger partial charge in [-0.3, -0.25) is 0 Å². The molecule has 0 fully saturated rings. The molecule has 0 heterocycles. The van der Waals surface area contributed by atoms with Crippen molar-refractivity contribution in [1.29, 1.82) is 0 Å². The van der Waals surface area contributed by atoms with Crippen molar-refractivity contribution in [2.45, 2.75) is 6.54 Å². The zero-order valence-electron chi connectivity index (χ0n) is 11.0. The highest BCUT2D eigenvalue weighted by atomic mass is 19.1. The standard InChI is InChI=1S/C15H15FN2O2/c1-20-15(19)12-3-2-4-13(14(12)17)18-9-10-5-7-11(16)8-6-10/h2-8,18H,9,17H2,1H3. The Hall–Kier alpha value is -2.56.